The van der Waals surface area contributed by atoms with Crippen LogP contribution < -0.4 is 5.32 Å². The van der Waals surface area contributed by atoms with Gasteiger partial charge in [-0.1, -0.05) is 19.4 Å². The van der Waals surface area contributed by atoms with Crippen molar-refractivity contribution in [3.8, 4) is 0 Å². The lowest BCUT2D eigenvalue weighted by molar-refractivity contribution is 0.0787. The predicted molar refractivity (Wildman–Crippen MR) is 78.7 cm³/mol. The van der Waals surface area contributed by atoms with Crippen molar-refractivity contribution >= 4 is 11.8 Å². The van der Waals surface area contributed by atoms with Gasteiger partial charge in [0.15, 0.2) is 0 Å². The van der Waals surface area contributed by atoms with Gasteiger partial charge in [0.25, 0.3) is 11.8 Å². The van der Waals surface area contributed by atoms with Crippen LogP contribution in [0, 0.1) is 0 Å². The van der Waals surface area contributed by atoms with Crippen molar-refractivity contribution in [1.29, 1.82) is 0 Å². The Morgan fingerprint density at radius 3 is 2.55 bits per heavy atom. The molecule has 1 aromatic heterocycles. The van der Waals surface area contributed by atoms with E-state index < -0.39 is 0 Å². The molecule has 20 heavy (non-hydrogen) atoms. The number of carbonyl (C=O) groups is 2. The summed E-state index contributed by atoms with van der Waals surface area (Å²) >= 11 is 0. The molecule has 5 heteroatoms. The maximum absolute atomic E-state index is 12.2. The van der Waals surface area contributed by atoms with Crippen molar-refractivity contribution in [3.63, 3.8) is 0 Å². The highest BCUT2D eigenvalue weighted by Crippen LogP contribution is 2.04. The first-order valence-corrected chi connectivity index (χ1v) is 6.99. The fraction of sp³-hybridized carbons (Fsp3) is 0.533. The quantitative estimate of drug-likeness (QED) is 0.866. The topological polar surface area (TPSA) is 62.3 Å². The maximum atomic E-state index is 12.2. The third-order valence-electron chi connectivity index (χ3n) is 2.81. The molecule has 0 radical (unpaired) electrons. The Morgan fingerprint density at radius 1 is 1.30 bits per heavy atom. The molecule has 1 rings (SSSR count). The Bertz CT molecular complexity index is 472. The average molecular weight is 277 g/mol. The third-order valence-corrected chi connectivity index (χ3v) is 2.81. The minimum absolute atomic E-state index is 0.0379. The van der Waals surface area contributed by atoms with Gasteiger partial charge >= 0.3 is 0 Å². The minimum atomic E-state index is -0.258. The highest BCUT2D eigenvalue weighted by Gasteiger charge is 2.15. The lowest BCUT2D eigenvalue weighted by Crippen LogP contribution is -2.32. The van der Waals surface area contributed by atoms with Crippen LogP contribution in [0.3, 0.4) is 0 Å². The smallest absolute Gasteiger partial charge is 0.272 e. The molecular formula is C15H23N3O2. The molecule has 0 aromatic carbocycles. The van der Waals surface area contributed by atoms with E-state index in [1.807, 2.05) is 13.8 Å². The van der Waals surface area contributed by atoms with Gasteiger partial charge in [0.05, 0.1) is 0 Å². The number of carbonyl (C=O) groups excluding carboxylic acids is 2. The second-order valence-electron chi connectivity index (χ2n) is 5.12. The molecule has 0 aliphatic carbocycles. The second-order valence-corrected chi connectivity index (χ2v) is 5.12. The molecule has 110 valence electrons. The first kappa shape index (κ1) is 16.1. The van der Waals surface area contributed by atoms with Crippen molar-refractivity contribution in [3.05, 3.63) is 29.6 Å². The molecular weight excluding hydrogens is 254 g/mol. The molecule has 0 saturated heterocycles. The van der Waals surface area contributed by atoms with Crippen LogP contribution in [-0.4, -0.2) is 41.3 Å². The zero-order valence-corrected chi connectivity index (χ0v) is 12.6. The Kier molecular flexibility index (Phi) is 6.15. The molecule has 1 N–H and O–H groups in total. The van der Waals surface area contributed by atoms with Gasteiger partial charge in [-0.2, -0.15) is 0 Å². The molecule has 1 aromatic rings. The van der Waals surface area contributed by atoms with E-state index in [2.05, 4.69) is 17.2 Å². The van der Waals surface area contributed by atoms with Gasteiger partial charge in [0.1, 0.15) is 11.4 Å². The predicted octanol–water partition coefficient (Wildman–Crippen LogP) is 2.09. The van der Waals surface area contributed by atoms with Crippen molar-refractivity contribution in [1.82, 2.24) is 15.2 Å². The molecule has 0 saturated carbocycles. The second kappa shape index (κ2) is 7.62. The molecule has 1 heterocycles. The van der Waals surface area contributed by atoms with Gasteiger partial charge in [-0.25, -0.2) is 4.98 Å². The van der Waals surface area contributed by atoms with E-state index in [-0.39, 0.29) is 23.6 Å². The van der Waals surface area contributed by atoms with Gasteiger partial charge in [-0.15, -0.1) is 0 Å². The molecule has 0 fully saturated rings. The Hall–Kier alpha value is -1.91. The number of amides is 2. The molecule has 0 aliphatic rings. The summed E-state index contributed by atoms with van der Waals surface area (Å²) in [6.45, 7) is 6.53. The normalized spacial score (nSPS) is 10.4. The summed E-state index contributed by atoms with van der Waals surface area (Å²) in [6, 6.07) is 4.97. The van der Waals surface area contributed by atoms with Crippen molar-refractivity contribution in [2.75, 3.05) is 13.6 Å². The fourth-order valence-corrected chi connectivity index (χ4v) is 1.71. The fourth-order valence-electron chi connectivity index (χ4n) is 1.71. The number of nitrogens with one attached hydrogen (secondary N) is 1. The van der Waals surface area contributed by atoms with E-state index in [1.54, 1.807) is 30.1 Å². The van der Waals surface area contributed by atoms with Gasteiger partial charge in [-0.05, 0) is 32.4 Å². The highest BCUT2D eigenvalue weighted by atomic mass is 16.2. The standard InChI is InChI=1S/C15H23N3O2/c1-5-6-10-18(4)15(20)13-9-7-8-12(17-13)14(19)16-11(2)3/h7-9,11H,5-6,10H2,1-4H3,(H,16,19). The number of hydrogen-bond donors (Lipinski definition) is 1. The highest BCUT2D eigenvalue weighted by molar-refractivity contribution is 5.96. The van der Waals surface area contributed by atoms with Crippen LogP contribution in [0.4, 0.5) is 0 Å². The molecule has 0 bridgehead atoms. The summed E-state index contributed by atoms with van der Waals surface area (Å²) in [4.78, 5) is 29.8. The summed E-state index contributed by atoms with van der Waals surface area (Å²) in [5.74, 6) is -0.413. The summed E-state index contributed by atoms with van der Waals surface area (Å²) < 4.78 is 0. The maximum Gasteiger partial charge on any atom is 0.272 e. The van der Waals surface area contributed by atoms with E-state index in [1.165, 1.54) is 0 Å². The summed E-state index contributed by atoms with van der Waals surface area (Å²) in [7, 11) is 1.75. The lowest BCUT2D eigenvalue weighted by Gasteiger charge is -2.16. The van der Waals surface area contributed by atoms with E-state index in [4.69, 9.17) is 0 Å². The largest absolute Gasteiger partial charge is 0.349 e. The molecule has 0 aliphatic heterocycles. The first-order chi connectivity index (χ1) is 9.45. The summed E-state index contributed by atoms with van der Waals surface area (Å²) in [5.41, 5.74) is 0.577. The SMILES string of the molecule is CCCCN(C)C(=O)c1cccc(C(=O)NC(C)C)n1. The van der Waals surface area contributed by atoms with Crippen LogP contribution in [0.15, 0.2) is 18.2 Å². The Morgan fingerprint density at radius 2 is 1.95 bits per heavy atom. The van der Waals surface area contributed by atoms with Crippen molar-refractivity contribution in [2.24, 2.45) is 0 Å². The van der Waals surface area contributed by atoms with Crippen molar-refractivity contribution in [2.45, 2.75) is 39.7 Å². The van der Waals surface area contributed by atoms with Gasteiger partial charge in [0, 0.05) is 19.6 Å². The summed E-state index contributed by atoms with van der Waals surface area (Å²) in [5, 5.41) is 2.76. The molecule has 0 unspecified atom stereocenters. The van der Waals surface area contributed by atoms with Crippen LogP contribution in [0.2, 0.25) is 0 Å². The lowest BCUT2D eigenvalue weighted by atomic mass is 10.2. The van der Waals surface area contributed by atoms with Crippen LogP contribution in [-0.2, 0) is 0 Å². The molecule has 0 atom stereocenters. The zero-order chi connectivity index (χ0) is 15.1. The summed E-state index contributed by atoms with van der Waals surface area (Å²) in [6.07, 6.45) is 1.98. The number of hydrogen-bond acceptors (Lipinski definition) is 3. The van der Waals surface area contributed by atoms with Crippen molar-refractivity contribution < 1.29 is 9.59 Å². The van der Waals surface area contributed by atoms with E-state index in [0.29, 0.717) is 12.2 Å². The van der Waals surface area contributed by atoms with E-state index in [0.717, 1.165) is 12.8 Å². The number of pyridine rings is 1. The number of rotatable bonds is 6. The van der Waals surface area contributed by atoms with Crippen LogP contribution in [0.5, 0.6) is 0 Å². The minimum Gasteiger partial charge on any atom is -0.349 e. The zero-order valence-electron chi connectivity index (χ0n) is 12.6. The molecule has 0 spiro atoms. The third kappa shape index (κ3) is 4.64. The van der Waals surface area contributed by atoms with Gasteiger partial charge in [0.2, 0.25) is 0 Å². The first-order valence-electron chi connectivity index (χ1n) is 6.99. The average Bonchev–Trinajstić information content (AvgIpc) is 2.43. The molecule has 5 nitrogen and oxygen atoms in total. The van der Waals surface area contributed by atoms with Crippen LogP contribution in [0.1, 0.15) is 54.6 Å². The van der Waals surface area contributed by atoms with E-state index in [9.17, 15) is 9.59 Å². The molecule has 2 amide bonds. The van der Waals surface area contributed by atoms with Crippen LogP contribution >= 0.6 is 0 Å². The van der Waals surface area contributed by atoms with Crippen LogP contribution in [0.25, 0.3) is 0 Å². The van der Waals surface area contributed by atoms with E-state index >= 15 is 0 Å². The number of unbranched alkanes of at least 4 members (excludes halogenated alkanes) is 1. The Balaban J connectivity index is 2.82. The van der Waals surface area contributed by atoms with Gasteiger partial charge < -0.3 is 10.2 Å². The Labute approximate surface area is 120 Å². The van der Waals surface area contributed by atoms with Gasteiger partial charge in [-0.3, -0.25) is 9.59 Å². The number of aromatic nitrogens is 1. The number of nitrogens with zero attached hydrogens (tertiary/aromatic N) is 2. The monoisotopic (exact) mass is 277 g/mol.